The fourth-order valence-electron chi connectivity index (χ4n) is 2.21. The highest BCUT2D eigenvalue weighted by atomic mass is 32.2. The van der Waals surface area contributed by atoms with Crippen LogP contribution in [-0.4, -0.2) is 37.6 Å². The Hall–Kier alpha value is -1.40. The van der Waals surface area contributed by atoms with Crippen molar-refractivity contribution in [1.82, 2.24) is 5.32 Å². The van der Waals surface area contributed by atoms with Gasteiger partial charge in [-0.25, -0.2) is 0 Å². The number of carboxylic acid groups (broad SMARTS) is 1. The fourth-order valence-corrected chi connectivity index (χ4v) is 2.82. The maximum atomic E-state index is 11.3. The number of carboxylic acids is 1. The number of aliphatic carboxylic acids is 1. The van der Waals surface area contributed by atoms with Crippen LogP contribution in [0, 0.1) is 5.92 Å². The highest BCUT2D eigenvalue weighted by molar-refractivity contribution is 7.98. The Bertz CT molecular complexity index is 505. The number of hydrogen-bond donors (Lipinski definition) is 2. The molecule has 0 saturated carbocycles. The topological polar surface area (TPSA) is 67.8 Å². The minimum atomic E-state index is -0.820. The maximum absolute atomic E-state index is 11.3. The number of ether oxygens (including phenoxy) is 2. The van der Waals surface area contributed by atoms with Gasteiger partial charge in [-0.3, -0.25) is 4.79 Å². The summed E-state index contributed by atoms with van der Waals surface area (Å²) in [7, 11) is 3.19. The summed E-state index contributed by atoms with van der Waals surface area (Å²) in [6.07, 6.45) is 2.57. The molecule has 2 N–H and O–H groups in total. The number of benzene rings is 1. The molecular formula is C16H25NO4S. The van der Waals surface area contributed by atoms with Crippen LogP contribution in [0.25, 0.3) is 0 Å². The minimum absolute atomic E-state index is 0.319. The first-order valence-electron chi connectivity index (χ1n) is 7.18. The van der Waals surface area contributed by atoms with Crippen LogP contribution in [-0.2, 0) is 11.3 Å². The van der Waals surface area contributed by atoms with E-state index in [0.717, 1.165) is 10.5 Å². The van der Waals surface area contributed by atoms with E-state index in [1.165, 1.54) is 0 Å². The molecule has 0 heterocycles. The zero-order chi connectivity index (χ0) is 16.7. The molecular weight excluding hydrogens is 302 g/mol. The van der Waals surface area contributed by atoms with Gasteiger partial charge < -0.3 is 19.9 Å². The zero-order valence-corrected chi connectivity index (χ0v) is 14.6. The molecule has 0 radical (unpaired) electrons. The van der Waals surface area contributed by atoms with Crippen molar-refractivity contribution in [1.29, 1.82) is 0 Å². The average molecular weight is 327 g/mol. The summed E-state index contributed by atoms with van der Waals surface area (Å²) in [6, 6.07) is 3.26. The molecule has 5 nitrogen and oxygen atoms in total. The van der Waals surface area contributed by atoms with Gasteiger partial charge in [-0.1, -0.05) is 13.8 Å². The van der Waals surface area contributed by atoms with Gasteiger partial charge in [0.05, 0.1) is 14.2 Å². The fraction of sp³-hybridized carbons (Fsp3) is 0.562. The number of hydrogen-bond acceptors (Lipinski definition) is 5. The summed E-state index contributed by atoms with van der Waals surface area (Å²) in [4.78, 5) is 12.4. The van der Waals surface area contributed by atoms with Crippen LogP contribution in [0.3, 0.4) is 0 Å². The van der Waals surface area contributed by atoms with Crippen LogP contribution in [0.4, 0.5) is 0 Å². The summed E-state index contributed by atoms with van der Waals surface area (Å²) >= 11 is 1.60. The number of rotatable bonds is 9. The standard InChI is InChI=1S/C16H25NO4S/c1-10(2)6-12(16(18)19)17-9-11-7-13(20-3)14(21-4)8-15(11)22-5/h7-8,10,12,17H,6,9H2,1-5H3,(H,18,19)/t12-/m0/s1. The number of thioether (sulfide) groups is 1. The molecule has 6 heteroatoms. The average Bonchev–Trinajstić information content (AvgIpc) is 2.49. The predicted molar refractivity (Wildman–Crippen MR) is 89.0 cm³/mol. The molecule has 0 amide bonds. The molecule has 0 saturated heterocycles. The van der Waals surface area contributed by atoms with Gasteiger partial charge in [0.25, 0.3) is 0 Å². The molecule has 0 unspecified atom stereocenters. The van der Waals surface area contributed by atoms with Gasteiger partial charge in [0.2, 0.25) is 0 Å². The number of nitrogens with one attached hydrogen (secondary N) is 1. The maximum Gasteiger partial charge on any atom is 0.320 e. The molecule has 1 atom stereocenters. The molecule has 1 aromatic rings. The summed E-state index contributed by atoms with van der Waals surface area (Å²) in [5, 5.41) is 12.4. The van der Waals surface area contributed by atoms with Crippen LogP contribution in [0.1, 0.15) is 25.8 Å². The third kappa shape index (κ3) is 5.10. The quantitative estimate of drug-likeness (QED) is 0.680. The highest BCUT2D eigenvalue weighted by Gasteiger charge is 2.19. The largest absolute Gasteiger partial charge is 0.493 e. The highest BCUT2D eigenvalue weighted by Crippen LogP contribution is 2.34. The summed E-state index contributed by atoms with van der Waals surface area (Å²) in [5.74, 6) is 0.819. The lowest BCUT2D eigenvalue weighted by molar-refractivity contribution is -0.140. The Morgan fingerprint density at radius 3 is 2.32 bits per heavy atom. The molecule has 0 aliphatic heterocycles. The third-order valence-electron chi connectivity index (χ3n) is 3.33. The van der Waals surface area contributed by atoms with Crippen LogP contribution >= 0.6 is 11.8 Å². The Morgan fingerprint density at radius 1 is 1.27 bits per heavy atom. The molecule has 1 aromatic carbocycles. The van der Waals surface area contributed by atoms with Gasteiger partial charge in [0.1, 0.15) is 6.04 Å². The second-order valence-corrected chi connectivity index (χ2v) is 6.27. The zero-order valence-electron chi connectivity index (χ0n) is 13.8. The minimum Gasteiger partial charge on any atom is -0.493 e. The monoisotopic (exact) mass is 327 g/mol. The van der Waals surface area contributed by atoms with Gasteiger partial charge >= 0.3 is 5.97 Å². The third-order valence-corrected chi connectivity index (χ3v) is 4.15. The van der Waals surface area contributed by atoms with E-state index >= 15 is 0 Å². The first-order chi connectivity index (χ1) is 10.4. The Labute approximate surface area is 136 Å². The number of carbonyl (C=O) groups is 1. The van der Waals surface area contributed by atoms with E-state index in [-0.39, 0.29) is 0 Å². The molecule has 0 bridgehead atoms. The smallest absolute Gasteiger partial charge is 0.320 e. The van der Waals surface area contributed by atoms with Crippen LogP contribution in [0.15, 0.2) is 17.0 Å². The first kappa shape index (κ1) is 18.6. The van der Waals surface area contributed by atoms with E-state index in [1.807, 2.05) is 32.2 Å². The van der Waals surface area contributed by atoms with E-state index in [4.69, 9.17) is 9.47 Å². The Kier molecular flexibility index (Phi) is 7.55. The van der Waals surface area contributed by atoms with Crippen LogP contribution in [0.5, 0.6) is 11.5 Å². The molecule has 0 fully saturated rings. The van der Waals surface area contributed by atoms with Crippen LogP contribution < -0.4 is 14.8 Å². The van der Waals surface area contributed by atoms with Gasteiger partial charge in [-0.05, 0) is 36.3 Å². The lowest BCUT2D eigenvalue weighted by Gasteiger charge is -2.18. The molecule has 0 aliphatic rings. The predicted octanol–water partition coefficient (Wildman–Crippen LogP) is 3.01. The second kappa shape index (κ2) is 8.90. The molecule has 22 heavy (non-hydrogen) atoms. The Balaban J connectivity index is 2.93. The summed E-state index contributed by atoms with van der Waals surface area (Å²) < 4.78 is 10.6. The molecule has 124 valence electrons. The van der Waals surface area contributed by atoms with E-state index in [0.29, 0.717) is 30.4 Å². The van der Waals surface area contributed by atoms with Crippen molar-refractivity contribution in [3.8, 4) is 11.5 Å². The van der Waals surface area contributed by atoms with Crippen molar-refractivity contribution in [2.24, 2.45) is 5.92 Å². The van der Waals surface area contributed by atoms with Crippen LogP contribution in [0.2, 0.25) is 0 Å². The molecule has 0 aromatic heterocycles. The summed E-state index contributed by atoms with van der Waals surface area (Å²) in [6.45, 7) is 4.50. The van der Waals surface area contributed by atoms with Gasteiger partial charge in [-0.2, -0.15) is 0 Å². The van der Waals surface area contributed by atoms with E-state index in [2.05, 4.69) is 5.32 Å². The molecule has 1 rings (SSSR count). The van der Waals surface area contributed by atoms with Crippen molar-refractivity contribution < 1.29 is 19.4 Å². The van der Waals surface area contributed by atoms with E-state index in [1.54, 1.807) is 26.0 Å². The normalized spacial score (nSPS) is 12.3. The number of methoxy groups -OCH3 is 2. The molecule has 0 aliphatic carbocycles. The second-order valence-electron chi connectivity index (χ2n) is 5.42. The van der Waals surface area contributed by atoms with Gasteiger partial charge in [0.15, 0.2) is 11.5 Å². The van der Waals surface area contributed by atoms with Crippen molar-refractivity contribution in [2.45, 2.75) is 37.8 Å². The SMILES string of the molecule is COc1cc(CN[C@@H](CC(C)C)C(=O)O)c(SC)cc1OC. The van der Waals surface area contributed by atoms with Crippen molar-refractivity contribution in [3.05, 3.63) is 17.7 Å². The van der Waals surface area contributed by atoms with E-state index < -0.39 is 12.0 Å². The first-order valence-corrected chi connectivity index (χ1v) is 8.40. The lowest BCUT2D eigenvalue weighted by Crippen LogP contribution is -2.37. The van der Waals surface area contributed by atoms with Gasteiger partial charge in [-0.15, -0.1) is 11.8 Å². The molecule has 0 spiro atoms. The van der Waals surface area contributed by atoms with Crippen molar-refractivity contribution >= 4 is 17.7 Å². The van der Waals surface area contributed by atoms with Crippen molar-refractivity contribution in [2.75, 3.05) is 20.5 Å². The van der Waals surface area contributed by atoms with Crippen molar-refractivity contribution in [3.63, 3.8) is 0 Å². The lowest BCUT2D eigenvalue weighted by atomic mass is 10.0. The Morgan fingerprint density at radius 2 is 1.86 bits per heavy atom. The van der Waals surface area contributed by atoms with E-state index in [9.17, 15) is 9.90 Å². The van der Waals surface area contributed by atoms with Gasteiger partial charge in [0, 0.05) is 11.4 Å². The summed E-state index contributed by atoms with van der Waals surface area (Å²) in [5.41, 5.74) is 1.00.